The Morgan fingerprint density at radius 3 is 2.38 bits per heavy atom. The maximum absolute atomic E-state index is 12.4. The Labute approximate surface area is 184 Å². The first-order valence-corrected chi connectivity index (χ1v) is 10.9. The highest BCUT2D eigenvalue weighted by atomic mass is 32.2. The Kier molecular flexibility index (Phi) is 6.08. The molecule has 2 heterocycles. The lowest BCUT2D eigenvalue weighted by Crippen LogP contribution is -2.16. The van der Waals surface area contributed by atoms with Crippen LogP contribution in [0.1, 0.15) is 10.5 Å². The summed E-state index contributed by atoms with van der Waals surface area (Å²) in [5.74, 6) is 0.226. The summed E-state index contributed by atoms with van der Waals surface area (Å²) in [5.41, 5.74) is 0.612. The molecule has 11 heteroatoms. The van der Waals surface area contributed by atoms with Gasteiger partial charge in [0.15, 0.2) is 12.4 Å². The third kappa shape index (κ3) is 5.26. The highest BCUT2D eigenvalue weighted by Gasteiger charge is 2.16. The lowest BCUT2D eigenvalue weighted by atomic mass is 10.3. The Hall–Kier alpha value is -4.25. The summed E-state index contributed by atoms with van der Waals surface area (Å²) in [7, 11) is -3.85. The Morgan fingerprint density at radius 2 is 1.66 bits per heavy atom. The monoisotopic (exact) mass is 450 g/mol. The van der Waals surface area contributed by atoms with Crippen LogP contribution < -0.4 is 14.8 Å². The first-order valence-electron chi connectivity index (χ1n) is 9.42. The van der Waals surface area contributed by atoms with E-state index >= 15 is 0 Å². The SMILES string of the molecule is O=C(Nc1ccc(S(=O)(=O)Nc2ncccn2)cc1)c1ccn(COc2ccccc2)n1. The van der Waals surface area contributed by atoms with Crippen LogP contribution in [0, 0.1) is 0 Å². The number of carbonyl (C=O) groups excluding carboxylic acids is 1. The molecule has 2 aromatic carbocycles. The predicted octanol–water partition coefficient (Wildman–Crippen LogP) is 2.76. The standard InChI is InChI=1S/C21H18N6O4S/c28-20(19-11-14-27(25-19)15-31-17-5-2-1-3-6-17)24-16-7-9-18(10-8-16)32(29,30)26-21-22-12-4-13-23-21/h1-14H,15H2,(H,24,28)(H,22,23,26). The molecule has 4 rings (SSSR count). The van der Waals surface area contributed by atoms with Gasteiger partial charge in [0.25, 0.3) is 15.9 Å². The van der Waals surface area contributed by atoms with Crippen molar-refractivity contribution in [3.8, 4) is 5.75 Å². The fourth-order valence-electron chi connectivity index (χ4n) is 2.66. The van der Waals surface area contributed by atoms with Crippen LogP contribution in [0.5, 0.6) is 5.75 Å². The van der Waals surface area contributed by atoms with Crippen molar-refractivity contribution in [2.45, 2.75) is 11.6 Å². The molecule has 0 bridgehead atoms. The average molecular weight is 450 g/mol. The van der Waals surface area contributed by atoms with Gasteiger partial charge in [-0.2, -0.15) is 5.10 Å². The van der Waals surface area contributed by atoms with Crippen LogP contribution >= 0.6 is 0 Å². The third-order valence-electron chi connectivity index (χ3n) is 4.19. The number of rotatable bonds is 8. The Balaban J connectivity index is 1.36. The van der Waals surface area contributed by atoms with Crippen molar-refractivity contribution in [3.05, 3.63) is 91.0 Å². The largest absolute Gasteiger partial charge is 0.471 e. The molecule has 1 amide bonds. The van der Waals surface area contributed by atoms with Crippen molar-refractivity contribution in [3.63, 3.8) is 0 Å². The van der Waals surface area contributed by atoms with Crippen molar-refractivity contribution < 1.29 is 17.9 Å². The molecular formula is C21H18N6O4S. The zero-order valence-electron chi connectivity index (χ0n) is 16.6. The molecule has 0 radical (unpaired) electrons. The number of nitrogens with one attached hydrogen (secondary N) is 2. The van der Waals surface area contributed by atoms with Crippen LogP contribution in [-0.4, -0.2) is 34.1 Å². The summed E-state index contributed by atoms with van der Waals surface area (Å²) < 4.78 is 34.2. The lowest BCUT2D eigenvalue weighted by Gasteiger charge is -2.08. The topological polar surface area (TPSA) is 128 Å². The van der Waals surface area contributed by atoms with Crippen molar-refractivity contribution in [2.75, 3.05) is 10.0 Å². The zero-order valence-corrected chi connectivity index (χ0v) is 17.4. The molecule has 0 saturated heterocycles. The molecule has 0 fully saturated rings. The van der Waals surface area contributed by atoms with Gasteiger partial charge in [-0.3, -0.25) is 4.79 Å². The number of nitrogens with zero attached hydrogens (tertiary/aromatic N) is 4. The predicted molar refractivity (Wildman–Crippen MR) is 117 cm³/mol. The normalized spacial score (nSPS) is 11.0. The fraction of sp³-hybridized carbons (Fsp3) is 0.0476. The summed E-state index contributed by atoms with van der Waals surface area (Å²) >= 11 is 0. The molecule has 0 aliphatic carbocycles. The molecule has 4 aromatic rings. The van der Waals surface area contributed by atoms with Crippen LogP contribution in [0.3, 0.4) is 0 Å². The number of hydrogen-bond donors (Lipinski definition) is 2. The van der Waals surface area contributed by atoms with E-state index in [0.29, 0.717) is 11.4 Å². The van der Waals surface area contributed by atoms with Gasteiger partial charge < -0.3 is 10.1 Å². The quantitative estimate of drug-likeness (QED) is 0.422. The minimum atomic E-state index is -3.85. The number of aromatic nitrogens is 4. The zero-order chi connectivity index (χ0) is 22.4. The summed E-state index contributed by atoms with van der Waals surface area (Å²) in [6.45, 7) is 0.155. The van der Waals surface area contributed by atoms with Gasteiger partial charge in [-0.25, -0.2) is 27.8 Å². The van der Waals surface area contributed by atoms with E-state index in [-0.39, 0.29) is 23.3 Å². The van der Waals surface area contributed by atoms with Crippen LogP contribution in [0.2, 0.25) is 0 Å². The van der Waals surface area contributed by atoms with Gasteiger partial charge in [-0.05, 0) is 48.5 Å². The minimum Gasteiger partial charge on any atom is -0.471 e. The van der Waals surface area contributed by atoms with E-state index < -0.39 is 15.9 Å². The summed E-state index contributed by atoms with van der Waals surface area (Å²) in [6, 6.07) is 18.1. The van der Waals surface area contributed by atoms with Crippen molar-refractivity contribution in [2.24, 2.45) is 0 Å². The van der Waals surface area contributed by atoms with Gasteiger partial charge in [0.05, 0.1) is 4.90 Å². The van der Waals surface area contributed by atoms with E-state index in [9.17, 15) is 13.2 Å². The number of carbonyl (C=O) groups is 1. The molecule has 0 unspecified atom stereocenters. The average Bonchev–Trinajstić information content (AvgIpc) is 3.28. The fourth-order valence-corrected chi connectivity index (χ4v) is 3.61. The maximum atomic E-state index is 12.4. The van der Waals surface area contributed by atoms with Gasteiger partial charge in [-0.15, -0.1) is 0 Å². The highest BCUT2D eigenvalue weighted by Crippen LogP contribution is 2.17. The molecule has 10 nitrogen and oxygen atoms in total. The minimum absolute atomic E-state index is 0.00490. The summed E-state index contributed by atoms with van der Waals surface area (Å²) in [4.78, 5) is 20.1. The smallest absolute Gasteiger partial charge is 0.276 e. The van der Waals surface area contributed by atoms with Gasteiger partial charge in [-0.1, -0.05) is 18.2 Å². The second kappa shape index (κ2) is 9.27. The van der Waals surface area contributed by atoms with E-state index in [0.717, 1.165) is 0 Å². The molecule has 0 saturated carbocycles. The molecule has 0 aliphatic rings. The lowest BCUT2D eigenvalue weighted by molar-refractivity contribution is 0.102. The Bertz CT molecular complexity index is 1290. The van der Waals surface area contributed by atoms with Gasteiger partial charge in [0.2, 0.25) is 5.95 Å². The van der Waals surface area contributed by atoms with E-state index in [4.69, 9.17) is 4.74 Å². The van der Waals surface area contributed by atoms with Crippen LogP contribution in [0.15, 0.2) is 90.2 Å². The number of ether oxygens (including phenoxy) is 1. The molecule has 162 valence electrons. The molecular weight excluding hydrogens is 432 g/mol. The summed E-state index contributed by atoms with van der Waals surface area (Å²) in [5, 5.41) is 6.86. The number of amides is 1. The first-order chi connectivity index (χ1) is 15.5. The number of sulfonamides is 1. The van der Waals surface area contributed by atoms with Gasteiger partial charge in [0, 0.05) is 24.3 Å². The number of para-hydroxylation sites is 1. The molecule has 2 N–H and O–H groups in total. The van der Waals surface area contributed by atoms with Crippen LogP contribution in [0.4, 0.5) is 11.6 Å². The van der Waals surface area contributed by atoms with Gasteiger partial charge >= 0.3 is 0 Å². The van der Waals surface area contributed by atoms with E-state index in [1.165, 1.54) is 41.3 Å². The number of hydrogen-bond acceptors (Lipinski definition) is 7. The van der Waals surface area contributed by atoms with Crippen molar-refractivity contribution in [1.29, 1.82) is 0 Å². The third-order valence-corrected chi connectivity index (χ3v) is 5.54. The first kappa shape index (κ1) is 21.0. The van der Waals surface area contributed by atoms with Crippen molar-refractivity contribution >= 4 is 27.6 Å². The maximum Gasteiger partial charge on any atom is 0.276 e. The highest BCUT2D eigenvalue weighted by molar-refractivity contribution is 7.92. The van der Waals surface area contributed by atoms with Crippen LogP contribution in [0.25, 0.3) is 0 Å². The Morgan fingerprint density at radius 1 is 0.938 bits per heavy atom. The molecule has 0 atom stereocenters. The molecule has 2 aromatic heterocycles. The second-order valence-electron chi connectivity index (χ2n) is 6.48. The van der Waals surface area contributed by atoms with Gasteiger partial charge in [0.1, 0.15) is 5.75 Å². The van der Waals surface area contributed by atoms with Crippen molar-refractivity contribution in [1.82, 2.24) is 19.7 Å². The second-order valence-corrected chi connectivity index (χ2v) is 8.17. The van der Waals surface area contributed by atoms with E-state index in [1.54, 1.807) is 18.3 Å². The van der Waals surface area contributed by atoms with E-state index in [2.05, 4.69) is 25.1 Å². The number of anilines is 2. The van der Waals surface area contributed by atoms with Crippen LogP contribution in [-0.2, 0) is 16.8 Å². The molecule has 0 aliphatic heterocycles. The molecule has 32 heavy (non-hydrogen) atoms. The molecule has 0 spiro atoms. The number of benzene rings is 2. The summed E-state index contributed by atoms with van der Waals surface area (Å²) in [6.07, 6.45) is 4.49. The van der Waals surface area contributed by atoms with E-state index in [1.807, 2.05) is 30.3 Å².